The Morgan fingerprint density at radius 3 is 1.68 bits per heavy atom. The van der Waals surface area contributed by atoms with Gasteiger partial charge < -0.3 is 0 Å². The van der Waals surface area contributed by atoms with Crippen molar-refractivity contribution in [2.45, 2.75) is 96.8 Å². The second-order valence-corrected chi connectivity index (χ2v) is 5.48. The summed E-state index contributed by atoms with van der Waals surface area (Å²) in [5.74, 6) is 0. The first kappa shape index (κ1) is 18.4. The first-order chi connectivity index (χ1) is 9.41. The van der Waals surface area contributed by atoms with Crippen molar-refractivity contribution in [3.05, 3.63) is 12.2 Å². The van der Waals surface area contributed by atoms with Crippen molar-refractivity contribution < 1.29 is 4.79 Å². The molecule has 0 aromatic rings. The van der Waals surface area contributed by atoms with Crippen molar-refractivity contribution in [1.29, 1.82) is 0 Å². The Kier molecular flexibility index (Phi) is 16.9. The smallest absolute Gasteiger partial charge is 0.198 e. The lowest BCUT2D eigenvalue weighted by Gasteiger charge is -1.98. The molecule has 1 radical (unpaired) electrons. The summed E-state index contributed by atoms with van der Waals surface area (Å²) in [6.07, 6.45) is 24.2. The molecule has 0 rings (SSSR count). The van der Waals surface area contributed by atoms with Gasteiger partial charge in [0.1, 0.15) is 0 Å². The molecule has 1 heteroatoms. The van der Waals surface area contributed by atoms with Crippen LogP contribution in [0.2, 0.25) is 0 Å². The predicted octanol–water partition coefficient (Wildman–Crippen LogP) is 6.13. The highest BCUT2D eigenvalue weighted by atomic mass is 16.1. The Hall–Kier alpha value is -0.590. The van der Waals surface area contributed by atoms with E-state index in [4.69, 9.17) is 0 Å². The van der Waals surface area contributed by atoms with E-state index < -0.39 is 0 Å². The SMILES string of the molecule is CCCCCCCCC=CCCCCCCC[C]=O. The van der Waals surface area contributed by atoms with Gasteiger partial charge in [0.05, 0.1) is 0 Å². The van der Waals surface area contributed by atoms with E-state index in [1.165, 1.54) is 77.0 Å². The van der Waals surface area contributed by atoms with Crippen LogP contribution in [0.1, 0.15) is 96.8 Å². The summed E-state index contributed by atoms with van der Waals surface area (Å²) >= 11 is 0. The number of hydrogen-bond donors (Lipinski definition) is 0. The zero-order chi connectivity index (χ0) is 14.0. The molecule has 0 aliphatic rings. The molecule has 111 valence electrons. The van der Waals surface area contributed by atoms with E-state index in [1.54, 1.807) is 0 Å². The third-order valence-corrected chi connectivity index (χ3v) is 3.54. The molecule has 1 nitrogen and oxygen atoms in total. The molecule has 0 heterocycles. The fraction of sp³-hybridized carbons (Fsp3) is 0.833. The van der Waals surface area contributed by atoms with E-state index in [1.807, 2.05) is 6.29 Å². The molecule has 0 aromatic carbocycles. The molecule has 19 heavy (non-hydrogen) atoms. The summed E-state index contributed by atoms with van der Waals surface area (Å²) in [4.78, 5) is 10.0. The highest BCUT2D eigenvalue weighted by Gasteiger charge is 1.90. The highest BCUT2D eigenvalue weighted by molar-refractivity contribution is 5.50. The summed E-state index contributed by atoms with van der Waals surface area (Å²) in [7, 11) is 0. The Labute approximate surface area is 120 Å². The van der Waals surface area contributed by atoms with Crippen molar-refractivity contribution in [2.75, 3.05) is 0 Å². The number of allylic oxidation sites excluding steroid dienone is 2. The van der Waals surface area contributed by atoms with Crippen LogP contribution in [-0.2, 0) is 4.79 Å². The third kappa shape index (κ3) is 17.4. The Bertz CT molecular complexity index is 196. The Morgan fingerprint density at radius 1 is 0.684 bits per heavy atom. The van der Waals surface area contributed by atoms with Crippen LogP contribution in [0.25, 0.3) is 0 Å². The Morgan fingerprint density at radius 2 is 1.16 bits per heavy atom. The van der Waals surface area contributed by atoms with Crippen LogP contribution in [0.15, 0.2) is 12.2 Å². The first-order valence-electron chi connectivity index (χ1n) is 8.41. The van der Waals surface area contributed by atoms with Crippen LogP contribution in [0.5, 0.6) is 0 Å². The first-order valence-corrected chi connectivity index (χ1v) is 8.41. The van der Waals surface area contributed by atoms with Gasteiger partial charge in [-0.3, -0.25) is 4.79 Å². The minimum absolute atomic E-state index is 0.623. The van der Waals surface area contributed by atoms with Gasteiger partial charge in [-0.05, 0) is 32.1 Å². The number of hydrogen-bond acceptors (Lipinski definition) is 1. The quantitative estimate of drug-likeness (QED) is 0.257. The van der Waals surface area contributed by atoms with Crippen molar-refractivity contribution in [1.82, 2.24) is 0 Å². The van der Waals surface area contributed by atoms with Crippen molar-refractivity contribution in [3.63, 3.8) is 0 Å². The van der Waals surface area contributed by atoms with Gasteiger partial charge in [0.2, 0.25) is 0 Å². The second-order valence-electron chi connectivity index (χ2n) is 5.48. The molecule has 0 aromatic heterocycles. The van der Waals surface area contributed by atoms with Crippen LogP contribution in [0.4, 0.5) is 0 Å². The largest absolute Gasteiger partial charge is 0.291 e. The Balaban J connectivity index is 3.03. The van der Waals surface area contributed by atoms with Gasteiger partial charge in [-0.25, -0.2) is 0 Å². The van der Waals surface area contributed by atoms with E-state index >= 15 is 0 Å². The molecule has 0 aliphatic carbocycles. The molecule has 0 amide bonds. The second kappa shape index (κ2) is 17.4. The average molecular weight is 265 g/mol. The monoisotopic (exact) mass is 265 g/mol. The van der Waals surface area contributed by atoms with Crippen LogP contribution in [0, 0.1) is 0 Å². The van der Waals surface area contributed by atoms with E-state index in [0.29, 0.717) is 6.42 Å². The lowest BCUT2D eigenvalue weighted by molar-refractivity contribution is 0.542. The van der Waals surface area contributed by atoms with Gasteiger partial charge in [-0.15, -0.1) is 0 Å². The maximum absolute atomic E-state index is 10.0. The van der Waals surface area contributed by atoms with Crippen LogP contribution < -0.4 is 0 Å². The zero-order valence-corrected chi connectivity index (χ0v) is 13.0. The van der Waals surface area contributed by atoms with Crippen LogP contribution >= 0.6 is 0 Å². The molecule has 0 saturated heterocycles. The van der Waals surface area contributed by atoms with Gasteiger partial charge in [-0.1, -0.05) is 70.4 Å². The highest BCUT2D eigenvalue weighted by Crippen LogP contribution is 2.09. The molecule has 0 bridgehead atoms. The summed E-state index contributed by atoms with van der Waals surface area (Å²) in [6, 6.07) is 0. The molecule has 0 aliphatic heterocycles. The number of unbranched alkanes of at least 4 members (excludes halogenated alkanes) is 12. The molecule has 0 saturated carbocycles. The van der Waals surface area contributed by atoms with Gasteiger partial charge in [0, 0.05) is 6.42 Å². The van der Waals surface area contributed by atoms with Gasteiger partial charge >= 0.3 is 0 Å². The van der Waals surface area contributed by atoms with Crippen molar-refractivity contribution in [3.8, 4) is 0 Å². The minimum atomic E-state index is 0.623. The fourth-order valence-electron chi connectivity index (χ4n) is 2.27. The van der Waals surface area contributed by atoms with E-state index in [-0.39, 0.29) is 0 Å². The third-order valence-electron chi connectivity index (χ3n) is 3.54. The van der Waals surface area contributed by atoms with Gasteiger partial charge in [0.15, 0.2) is 6.29 Å². The summed E-state index contributed by atoms with van der Waals surface area (Å²) in [6.45, 7) is 2.27. The maximum Gasteiger partial charge on any atom is 0.198 e. The standard InChI is InChI=1S/C18H33O/c1-2-3-4-5-6-7-8-9-10-11-12-13-14-15-16-17-18-19/h9-10H,2-8,11-17H2,1H3. The number of rotatable bonds is 15. The summed E-state index contributed by atoms with van der Waals surface area (Å²) < 4.78 is 0. The molecule has 0 N–H and O–H groups in total. The molecule has 0 spiro atoms. The molecule has 0 atom stereocenters. The summed E-state index contributed by atoms with van der Waals surface area (Å²) in [5.41, 5.74) is 0. The van der Waals surface area contributed by atoms with E-state index in [0.717, 1.165) is 6.42 Å². The maximum atomic E-state index is 10.0. The van der Waals surface area contributed by atoms with Gasteiger partial charge in [0.25, 0.3) is 0 Å². The molecule has 0 unspecified atom stereocenters. The minimum Gasteiger partial charge on any atom is -0.291 e. The predicted molar refractivity (Wildman–Crippen MR) is 85.1 cm³/mol. The zero-order valence-electron chi connectivity index (χ0n) is 13.0. The van der Waals surface area contributed by atoms with Crippen molar-refractivity contribution >= 4 is 6.29 Å². The number of carbonyl (C=O) groups excluding carboxylic acids is 1. The molecular weight excluding hydrogens is 232 g/mol. The topological polar surface area (TPSA) is 17.1 Å². The van der Waals surface area contributed by atoms with Crippen LogP contribution in [-0.4, -0.2) is 6.29 Å². The molecular formula is C18H33O. The normalized spacial score (nSPS) is 11.2. The molecule has 0 fully saturated rings. The van der Waals surface area contributed by atoms with Crippen molar-refractivity contribution in [2.24, 2.45) is 0 Å². The average Bonchev–Trinajstić information content (AvgIpc) is 2.43. The lowest BCUT2D eigenvalue weighted by Crippen LogP contribution is -1.80. The fourth-order valence-corrected chi connectivity index (χ4v) is 2.27. The van der Waals surface area contributed by atoms with E-state index in [2.05, 4.69) is 19.1 Å². The summed E-state index contributed by atoms with van der Waals surface area (Å²) in [5, 5.41) is 0. The van der Waals surface area contributed by atoms with Crippen LogP contribution in [0.3, 0.4) is 0 Å². The van der Waals surface area contributed by atoms with Gasteiger partial charge in [-0.2, -0.15) is 0 Å². The lowest BCUT2D eigenvalue weighted by atomic mass is 10.1. The van der Waals surface area contributed by atoms with E-state index in [9.17, 15) is 4.79 Å².